The van der Waals surface area contributed by atoms with Crippen LogP contribution in [0.25, 0.3) is 0 Å². The predicted octanol–water partition coefficient (Wildman–Crippen LogP) is -0.388. The van der Waals surface area contributed by atoms with Gasteiger partial charge in [0.2, 0.25) is 0 Å². The molecule has 0 amide bonds. The van der Waals surface area contributed by atoms with Gasteiger partial charge in [-0.05, 0) is 0 Å². The first kappa shape index (κ1) is 28.7. The Kier molecular flexibility index (Phi) is 121. The van der Waals surface area contributed by atoms with E-state index < -0.39 is 0 Å². The largest absolute Gasteiger partial charge is 0 e. The van der Waals surface area contributed by atoms with E-state index in [9.17, 15) is 0 Å². The summed E-state index contributed by atoms with van der Waals surface area (Å²) in [5.74, 6) is 0. The smallest absolute Gasteiger partial charge is 0 e. The Bertz CT molecular complexity index is 8.00. The number of hydrogen-bond acceptors (Lipinski definition) is 0. The number of rotatable bonds is 0. The molecule has 0 heterocycles. The first-order chi connectivity index (χ1) is 0. The van der Waals surface area contributed by atoms with Crippen LogP contribution in [0.15, 0.2) is 0 Å². The van der Waals surface area contributed by atoms with E-state index in [0.29, 0.717) is 0 Å². The monoisotopic (exact) mass is 339 g/mol. The fourth-order valence-electron chi connectivity index (χ4n) is 0. The van der Waals surface area contributed by atoms with Crippen molar-refractivity contribution in [1.82, 2.24) is 0 Å². The Morgan fingerprint density at radius 2 is 1.00 bits per heavy atom. The first-order valence-corrected chi connectivity index (χ1v) is 0. The van der Waals surface area contributed by atoms with Crippen molar-refractivity contribution in [3.63, 3.8) is 0 Å². The van der Waals surface area contributed by atoms with Crippen LogP contribution in [-0.4, -0.2) is 23.9 Å². The first-order valence-electron chi connectivity index (χ1n) is 0. The van der Waals surface area contributed by atoms with Gasteiger partial charge in [-0.3, -0.25) is 0 Å². The van der Waals surface area contributed by atoms with Gasteiger partial charge in [-0.15, -0.1) is 0 Å². The maximum absolute atomic E-state index is 0. The molecular formula is AgSnTiZn. The second kappa shape index (κ2) is 16.9. The molecule has 5 radical (unpaired) electrons. The van der Waals surface area contributed by atoms with Gasteiger partial charge in [0.15, 0.2) is 0 Å². The summed E-state index contributed by atoms with van der Waals surface area (Å²) in [5, 5.41) is 0. The summed E-state index contributed by atoms with van der Waals surface area (Å²) < 4.78 is 0. The Morgan fingerprint density at radius 1 is 1.00 bits per heavy atom. The molecule has 0 aromatic heterocycles. The van der Waals surface area contributed by atoms with Gasteiger partial charge in [-0.1, -0.05) is 0 Å². The third kappa shape index (κ3) is 8.86. The van der Waals surface area contributed by atoms with Crippen molar-refractivity contribution >= 4 is 23.9 Å². The average molecular weight is 340 g/mol. The molecule has 0 N–H and O–H groups in total. The summed E-state index contributed by atoms with van der Waals surface area (Å²) in [5.41, 5.74) is 0. The van der Waals surface area contributed by atoms with E-state index in [1.165, 1.54) is 0 Å². The van der Waals surface area contributed by atoms with Crippen molar-refractivity contribution in [3.05, 3.63) is 0 Å². The molecule has 21 valence electrons. The van der Waals surface area contributed by atoms with Crippen LogP contribution in [0.2, 0.25) is 0 Å². The molecule has 4 heteroatoms. The van der Waals surface area contributed by atoms with E-state index in [-0.39, 0.29) is 87.5 Å². The zero-order chi connectivity index (χ0) is 0. The quantitative estimate of drug-likeness (QED) is 0.528. The van der Waals surface area contributed by atoms with Gasteiger partial charge in [0.05, 0.1) is 0 Å². The molecule has 0 spiro atoms. The van der Waals surface area contributed by atoms with Crippen LogP contribution in [0.3, 0.4) is 0 Å². The minimum Gasteiger partial charge on any atom is 0 e. The Morgan fingerprint density at radius 3 is 1.00 bits per heavy atom. The summed E-state index contributed by atoms with van der Waals surface area (Å²) >= 11 is 0. The molecule has 0 rings (SSSR count). The second-order valence-electron chi connectivity index (χ2n) is 0. The maximum Gasteiger partial charge on any atom is 0 e. The Labute approximate surface area is 86.0 Å². The van der Waals surface area contributed by atoms with E-state index in [2.05, 4.69) is 0 Å². The summed E-state index contributed by atoms with van der Waals surface area (Å²) in [4.78, 5) is 0. The molecular weight excluding hydrogens is 340 g/mol. The van der Waals surface area contributed by atoms with Crippen molar-refractivity contribution in [3.8, 4) is 0 Å². The van der Waals surface area contributed by atoms with Crippen LogP contribution in [0.5, 0.6) is 0 Å². The summed E-state index contributed by atoms with van der Waals surface area (Å²) in [6, 6.07) is 0. The SMILES string of the molecule is [Ag].[Sn].[Ti].[Zn]. The van der Waals surface area contributed by atoms with E-state index in [4.69, 9.17) is 0 Å². The molecule has 0 nitrogen and oxygen atoms in total. The topological polar surface area (TPSA) is 0 Å². The van der Waals surface area contributed by atoms with Crippen molar-refractivity contribution in [2.45, 2.75) is 0 Å². The van der Waals surface area contributed by atoms with Gasteiger partial charge in [-0.2, -0.15) is 0 Å². The van der Waals surface area contributed by atoms with E-state index in [1.807, 2.05) is 0 Å². The van der Waals surface area contributed by atoms with Crippen molar-refractivity contribution in [2.75, 3.05) is 0 Å². The van der Waals surface area contributed by atoms with Gasteiger partial charge in [0.1, 0.15) is 0 Å². The molecule has 0 unspecified atom stereocenters. The van der Waals surface area contributed by atoms with Gasteiger partial charge < -0.3 is 0 Å². The molecule has 0 aliphatic heterocycles. The second-order valence-corrected chi connectivity index (χ2v) is 0. The molecule has 0 saturated carbocycles. The summed E-state index contributed by atoms with van der Waals surface area (Å²) in [6.45, 7) is 0. The molecule has 4 heavy (non-hydrogen) atoms. The third-order valence-corrected chi connectivity index (χ3v) is 0. The Balaban J connectivity index is 0. The van der Waals surface area contributed by atoms with Gasteiger partial charge in [0, 0.05) is 87.5 Å². The summed E-state index contributed by atoms with van der Waals surface area (Å²) in [6.07, 6.45) is 0. The van der Waals surface area contributed by atoms with Crippen LogP contribution < -0.4 is 0 Å². The van der Waals surface area contributed by atoms with Crippen molar-refractivity contribution in [2.24, 2.45) is 0 Å². The number of hydrogen-bond donors (Lipinski definition) is 0. The van der Waals surface area contributed by atoms with E-state index in [1.54, 1.807) is 0 Å². The molecule has 0 atom stereocenters. The van der Waals surface area contributed by atoms with Gasteiger partial charge >= 0.3 is 0 Å². The minimum absolute atomic E-state index is 0. The van der Waals surface area contributed by atoms with Crippen LogP contribution in [0.4, 0.5) is 0 Å². The van der Waals surface area contributed by atoms with Crippen LogP contribution in [0.1, 0.15) is 0 Å². The van der Waals surface area contributed by atoms with Crippen molar-refractivity contribution in [1.29, 1.82) is 0 Å². The minimum atomic E-state index is 0. The zero-order valence-corrected chi connectivity index (χ0v) is 10.9. The molecule has 0 aromatic rings. The molecule has 0 aliphatic carbocycles. The Hall–Kier alpha value is 2.88. The third-order valence-electron chi connectivity index (χ3n) is 0. The van der Waals surface area contributed by atoms with Gasteiger partial charge in [-0.25, -0.2) is 0 Å². The van der Waals surface area contributed by atoms with E-state index in [0.717, 1.165) is 0 Å². The van der Waals surface area contributed by atoms with Crippen LogP contribution in [0, 0.1) is 0 Å². The molecule has 0 aliphatic rings. The van der Waals surface area contributed by atoms with Crippen LogP contribution in [-0.2, 0) is 63.6 Å². The normalized spacial score (nSPS) is 0. The van der Waals surface area contributed by atoms with E-state index >= 15 is 0 Å². The van der Waals surface area contributed by atoms with Gasteiger partial charge in [0.25, 0.3) is 0 Å². The standard InChI is InChI=1S/Ag.Sn.Ti.Zn. The fraction of sp³-hybridized carbons (Fsp3) is 0. The van der Waals surface area contributed by atoms with Crippen molar-refractivity contribution < 1.29 is 63.6 Å². The molecule has 0 aromatic carbocycles. The molecule has 0 saturated heterocycles. The fourth-order valence-corrected chi connectivity index (χ4v) is 0. The average Bonchev–Trinajstić information content (AvgIpc) is 0. The predicted molar refractivity (Wildman–Crippen MR) is 5.75 cm³/mol. The maximum atomic E-state index is 0. The molecule has 0 bridgehead atoms. The van der Waals surface area contributed by atoms with Crippen LogP contribution >= 0.6 is 0 Å². The molecule has 0 fully saturated rings. The zero-order valence-electron chi connectivity index (χ0n) is 2.01. The summed E-state index contributed by atoms with van der Waals surface area (Å²) in [7, 11) is 0.